The summed E-state index contributed by atoms with van der Waals surface area (Å²) in [5.41, 5.74) is 2.03. The zero-order valence-electron chi connectivity index (χ0n) is 11.1. The van der Waals surface area contributed by atoms with Crippen molar-refractivity contribution in [3.8, 4) is 5.69 Å². The number of aryl methyl sites for hydroxylation is 2. The molecule has 0 aliphatic heterocycles. The summed E-state index contributed by atoms with van der Waals surface area (Å²) >= 11 is 0. The van der Waals surface area contributed by atoms with Crippen LogP contribution < -0.4 is 5.32 Å². The summed E-state index contributed by atoms with van der Waals surface area (Å²) < 4.78 is 1.85. The molecule has 5 heteroatoms. The number of nitrogens with zero attached hydrogens (tertiary/aromatic N) is 4. The molecule has 0 atom stereocenters. The van der Waals surface area contributed by atoms with Crippen LogP contribution in [0.5, 0.6) is 0 Å². The normalized spacial score (nSPS) is 10.8. The predicted molar refractivity (Wildman–Crippen MR) is 70.6 cm³/mol. The highest BCUT2D eigenvalue weighted by atomic mass is 15.3. The molecule has 0 amide bonds. The summed E-state index contributed by atoms with van der Waals surface area (Å²) in [4.78, 5) is 8.66. The Morgan fingerprint density at radius 2 is 2.17 bits per heavy atom. The zero-order valence-corrected chi connectivity index (χ0v) is 11.1. The van der Waals surface area contributed by atoms with E-state index in [9.17, 15) is 0 Å². The van der Waals surface area contributed by atoms with Gasteiger partial charge in [-0.2, -0.15) is 5.10 Å². The van der Waals surface area contributed by atoms with Crippen LogP contribution in [0.2, 0.25) is 0 Å². The van der Waals surface area contributed by atoms with Crippen molar-refractivity contribution in [3.63, 3.8) is 0 Å². The Labute approximate surface area is 107 Å². The van der Waals surface area contributed by atoms with Gasteiger partial charge in [0.1, 0.15) is 11.6 Å². The van der Waals surface area contributed by atoms with Crippen molar-refractivity contribution in [1.82, 2.24) is 25.1 Å². The maximum absolute atomic E-state index is 4.38. The van der Waals surface area contributed by atoms with Crippen molar-refractivity contribution >= 4 is 0 Å². The third-order valence-electron chi connectivity index (χ3n) is 2.65. The molecule has 0 unspecified atom stereocenters. The van der Waals surface area contributed by atoms with Crippen LogP contribution in [0.15, 0.2) is 18.3 Å². The average molecular weight is 245 g/mol. The number of nitrogens with one attached hydrogen (secondary N) is 1. The van der Waals surface area contributed by atoms with Crippen LogP contribution in [-0.4, -0.2) is 26.3 Å². The van der Waals surface area contributed by atoms with Gasteiger partial charge in [-0.3, -0.25) is 4.98 Å². The molecule has 0 fully saturated rings. The number of rotatable bonds is 5. The smallest absolute Gasteiger partial charge is 0.148 e. The number of aromatic nitrogens is 4. The van der Waals surface area contributed by atoms with Gasteiger partial charge < -0.3 is 5.32 Å². The molecule has 0 aromatic carbocycles. The third-order valence-corrected chi connectivity index (χ3v) is 2.65. The van der Waals surface area contributed by atoms with Crippen molar-refractivity contribution in [2.45, 2.75) is 33.7 Å². The summed E-state index contributed by atoms with van der Waals surface area (Å²) in [7, 11) is 0. The van der Waals surface area contributed by atoms with Gasteiger partial charge in [0, 0.05) is 12.7 Å². The minimum atomic E-state index is 0.786. The lowest BCUT2D eigenvalue weighted by molar-refractivity contribution is 0.663. The van der Waals surface area contributed by atoms with Crippen molar-refractivity contribution in [1.29, 1.82) is 0 Å². The molecule has 0 aliphatic rings. The lowest BCUT2D eigenvalue weighted by Crippen LogP contribution is -2.15. The molecule has 2 aromatic rings. The standard InChI is InChI=1S/C13H19N5/c1-4-6-14-9-12-8-13(5-7-15-12)18-11(3)16-10(2)17-18/h5,7-8,14H,4,6,9H2,1-3H3. The Bertz CT molecular complexity index is 518. The van der Waals surface area contributed by atoms with Gasteiger partial charge in [-0.1, -0.05) is 6.92 Å². The molecule has 18 heavy (non-hydrogen) atoms. The topological polar surface area (TPSA) is 55.6 Å². The Morgan fingerprint density at radius 3 is 2.83 bits per heavy atom. The molecule has 2 rings (SSSR count). The summed E-state index contributed by atoms with van der Waals surface area (Å²) in [5.74, 6) is 1.68. The third kappa shape index (κ3) is 2.92. The fourth-order valence-corrected chi connectivity index (χ4v) is 1.85. The second-order valence-corrected chi connectivity index (χ2v) is 4.30. The van der Waals surface area contributed by atoms with E-state index >= 15 is 0 Å². The maximum Gasteiger partial charge on any atom is 0.148 e. The molecule has 0 spiro atoms. The second kappa shape index (κ2) is 5.73. The van der Waals surface area contributed by atoms with Crippen molar-refractivity contribution < 1.29 is 0 Å². The minimum Gasteiger partial charge on any atom is -0.311 e. The average Bonchev–Trinajstić information content (AvgIpc) is 2.69. The Kier molecular flexibility index (Phi) is 4.04. The van der Waals surface area contributed by atoms with Crippen molar-refractivity contribution in [2.24, 2.45) is 0 Å². The largest absolute Gasteiger partial charge is 0.311 e. The first-order chi connectivity index (χ1) is 8.70. The molecule has 1 N–H and O–H groups in total. The SMILES string of the molecule is CCCNCc1cc(-n2nc(C)nc2C)ccn1. The van der Waals surface area contributed by atoms with Gasteiger partial charge in [0.05, 0.1) is 11.4 Å². The van der Waals surface area contributed by atoms with E-state index in [0.717, 1.165) is 42.5 Å². The van der Waals surface area contributed by atoms with Crippen molar-refractivity contribution in [2.75, 3.05) is 6.54 Å². The lowest BCUT2D eigenvalue weighted by Gasteiger charge is -2.06. The van der Waals surface area contributed by atoms with Gasteiger partial charge in [-0.05, 0) is 38.9 Å². The van der Waals surface area contributed by atoms with Gasteiger partial charge in [0.2, 0.25) is 0 Å². The number of hydrogen-bond donors (Lipinski definition) is 1. The zero-order chi connectivity index (χ0) is 13.0. The quantitative estimate of drug-likeness (QED) is 0.816. The fourth-order valence-electron chi connectivity index (χ4n) is 1.85. The first-order valence-electron chi connectivity index (χ1n) is 6.27. The summed E-state index contributed by atoms with van der Waals surface area (Å²) in [6.07, 6.45) is 2.94. The number of hydrogen-bond acceptors (Lipinski definition) is 4. The van der Waals surface area contributed by atoms with Gasteiger partial charge >= 0.3 is 0 Å². The van der Waals surface area contributed by atoms with Crippen LogP contribution in [0.3, 0.4) is 0 Å². The highest BCUT2D eigenvalue weighted by Gasteiger charge is 2.05. The van der Waals surface area contributed by atoms with E-state index in [2.05, 4.69) is 27.3 Å². The summed E-state index contributed by atoms with van der Waals surface area (Å²) in [5, 5.41) is 7.72. The Morgan fingerprint density at radius 1 is 1.33 bits per heavy atom. The maximum atomic E-state index is 4.38. The molecule has 5 nitrogen and oxygen atoms in total. The molecule has 0 bridgehead atoms. The van der Waals surface area contributed by atoms with Crippen molar-refractivity contribution in [3.05, 3.63) is 35.7 Å². The van der Waals surface area contributed by atoms with Crippen LogP contribution >= 0.6 is 0 Å². The second-order valence-electron chi connectivity index (χ2n) is 4.30. The molecule has 0 aliphatic carbocycles. The van der Waals surface area contributed by atoms with E-state index in [4.69, 9.17) is 0 Å². The van der Waals surface area contributed by atoms with Crippen LogP contribution in [0.4, 0.5) is 0 Å². The van der Waals surface area contributed by atoms with Crippen LogP contribution in [0.25, 0.3) is 5.69 Å². The predicted octanol–water partition coefficient (Wildman–Crippen LogP) is 1.78. The Balaban J connectivity index is 2.19. The van der Waals surface area contributed by atoms with E-state index in [1.807, 2.05) is 36.9 Å². The summed E-state index contributed by atoms with van der Waals surface area (Å²) in [6.45, 7) is 7.80. The molecule has 0 saturated carbocycles. The highest BCUT2D eigenvalue weighted by molar-refractivity contribution is 5.32. The molecule has 96 valence electrons. The van der Waals surface area contributed by atoms with E-state index in [0.29, 0.717) is 0 Å². The van der Waals surface area contributed by atoms with E-state index in [1.165, 1.54) is 0 Å². The fraction of sp³-hybridized carbons (Fsp3) is 0.462. The molecular weight excluding hydrogens is 226 g/mol. The van der Waals surface area contributed by atoms with Gasteiger partial charge in [-0.15, -0.1) is 0 Å². The van der Waals surface area contributed by atoms with E-state index < -0.39 is 0 Å². The first kappa shape index (κ1) is 12.7. The van der Waals surface area contributed by atoms with E-state index in [1.54, 1.807) is 0 Å². The molecular formula is C13H19N5. The van der Waals surface area contributed by atoms with Crippen LogP contribution in [0, 0.1) is 13.8 Å². The molecule has 0 saturated heterocycles. The van der Waals surface area contributed by atoms with Gasteiger partial charge in [-0.25, -0.2) is 9.67 Å². The monoisotopic (exact) mass is 245 g/mol. The number of pyridine rings is 1. The van der Waals surface area contributed by atoms with Gasteiger partial charge in [0.25, 0.3) is 0 Å². The Hall–Kier alpha value is -1.75. The molecule has 0 radical (unpaired) electrons. The first-order valence-corrected chi connectivity index (χ1v) is 6.27. The molecule has 2 aromatic heterocycles. The van der Waals surface area contributed by atoms with Crippen LogP contribution in [0.1, 0.15) is 30.7 Å². The van der Waals surface area contributed by atoms with Crippen LogP contribution in [-0.2, 0) is 6.54 Å². The summed E-state index contributed by atoms with van der Waals surface area (Å²) in [6, 6.07) is 3.99. The molecule has 2 heterocycles. The van der Waals surface area contributed by atoms with Gasteiger partial charge in [0.15, 0.2) is 0 Å². The van der Waals surface area contributed by atoms with E-state index in [-0.39, 0.29) is 0 Å². The minimum absolute atomic E-state index is 0.786. The highest BCUT2D eigenvalue weighted by Crippen LogP contribution is 2.10. The lowest BCUT2D eigenvalue weighted by atomic mass is 10.3.